The van der Waals surface area contributed by atoms with Gasteiger partial charge in [0, 0.05) is 9.26 Å². The smallest absolute Gasteiger partial charge is 0.340 e. The van der Waals surface area contributed by atoms with E-state index in [1.807, 2.05) is 22.6 Å². The van der Waals surface area contributed by atoms with Crippen molar-refractivity contribution in [1.29, 1.82) is 0 Å². The number of carbonyl (C=O) groups excluding carboxylic acids is 1. The minimum atomic E-state index is -0.545. The molecule has 1 rings (SSSR count). The van der Waals surface area contributed by atoms with Crippen molar-refractivity contribution in [3.05, 3.63) is 26.3 Å². The Morgan fingerprint density at radius 3 is 2.50 bits per heavy atom. The summed E-state index contributed by atoms with van der Waals surface area (Å²) in [6.45, 7) is 5.40. The largest absolute Gasteiger partial charge is 0.456 e. The van der Waals surface area contributed by atoms with E-state index in [9.17, 15) is 4.79 Å². The standard InChI is InChI=1S/C11H13ClINO2/c1-11(2,3)16-10(15)7-4-6(14)5-8(13)9(7)12/h4-5H,14H2,1-3H3. The molecular formula is C11H13ClINO2. The highest BCUT2D eigenvalue weighted by Crippen LogP contribution is 2.27. The summed E-state index contributed by atoms with van der Waals surface area (Å²) in [5, 5.41) is 0.379. The molecule has 0 aliphatic rings. The number of halogens is 2. The maximum absolute atomic E-state index is 11.8. The number of hydrogen-bond acceptors (Lipinski definition) is 3. The summed E-state index contributed by atoms with van der Waals surface area (Å²) in [5.41, 5.74) is 5.91. The average molecular weight is 354 g/mol. The fourth-order valence-corrected chi connectivity index (χ4v) is 1.93. The third-order valence-electron chi connectivity index (χ3n) is 1.67. The minimum Gasteiger partial charge on any atom is -0.456 e. The summed E-state index contributed by atoms with van der Waals surface area (Å²) in [5.74, 6) is -0.456. The molecular weight excluding hydrogens is 340 g/mol. The number of ether oxygens (including phenoxy) is 1. The van der Waals surface area contributed by atoms with Crippen molar-refractivity contribution in [2.45, 2.75) is 26.4 Å². The number of benzene rings is 1. The lowest BCUT2D eigenvalue weighted by Gasteiger charge is -2.20. The predicted molar refractivity (Wildman–Crippen MR) is 73.7 cm³/mol. The Morgan fingerprint density at radius 2 is 2.00 bits per heavy atom. The lowest BCUT2D eigenvalue weighted by molar-refractivity contribution is 0.00697. The topological polar surface area (TPSA) is 52.3 Å². The maximum Gasteiger partial charge on any atom is 0.340 e. The number of nitrogens with two attached hydrogens (primary N) is 1. The molecule has 0 spiro atoms. The monoisotopic (exact) mass is 353 g/mol. The van der Waals surface area contributed by atoms with Gasteiger partial charge in [0.1, 0.15) is 5.60 Å². The third-order valence-corrected chi connectivity index (χ3v) is 3.25. The lowest BCUT2D eigenvalue weighted by atomic mass is 10.1. The van der Waals surface area contributed by atoms with E-state index in [2.05, 4.69) is 0 Å². The van der Waals surface area contributed by atoms with Crippen molar-refractivity contribution in [2.75, 3.05) is 5.73 Å². The number of carbonyl (C=O) groups is 1. The highest BCUT2D eigenvalue weighted by atomic mass is 127. The first-order chi connectivity index (χ1) is 7.20. The van der Waals surface area contributed by atoms with Gasteiger partial charge in [0.05, 0.1) is 10.6 Å². The van der Waals surface area contributed by atoms with Crippen LogP contribution in [-0.2, 0) is 4.74 Å². The molecule has 0 heterocycles. The molecule has 0 saturated heterocycles. The van der Waals surface area contributed by atoms with Crippen molar-refractivity contribution in [3.8, 4) is 0 Å². The zero-order valence-electron chi connectivity index (χ0n) is 9.30. The second kappa shape index (κ2) is 4.79. The highest BCUT2D eigenvalue weighted by molar-refractivity contribution is 14.1. The molecule has 0 unspecified atom stereocenters. The Labute approximate surface area is 113 Å². The minimum absolute atomic E-state index is 0.306. The molecule has 5 heteroatoms. The zero-order chi connectivity index (χ0) is 12.5. The van der Waals surface area contributed by atoms with Crippen LogP contribution in [0.15, 0.2) is 12.1 Å². The van der Waals surface area contributed by atoms with Crippen LogP contribution in [0.4, 0.5) is 5.69 Å². The van der Waals surface area contributed by atoms with Crippen molar-refractivity contribution in [2.24, 2.45) is 0 Å². The van der Waals surface area contributed by atoms with Gasteiger partial charge in [0.25, 0.3) is 0 Å². The van der Waals surface area contributed by atoms with E-state index in [4.69, 9.17) is 22.1 Å². The Balaban J connectivity index is 3.09. The molecule has 0 radical (unpaired) electrons. The fourth-order valence-electron chi connectivity index (χ4n) is 1.09. The molecule has 2 N–H and O–H groups in total. The van der Waals surface area contributed by atoms with Gasteiger partial charge in [-0.2, -0.15) is 0 Å². The number of rotatable bonds is 1. The second-order valence-electron chi connectivity index (χ2n) is 4.37. The van der Waals surface area contributed by atoms with Crippen LogP contribution in [0.25, 0.3) is 0 Å². The summed E-state index contributed by atoms with van der Waals surface area (Å²) in [4.78, 5) is 11.8. The lowest BCUT2D eigenvalue weighted by Crippen LogP contribution is -2.24. The van der Waals surface area contributed by atoms with Crippen LogP contribution in [0.5, 0.6) is 0 Å². The number of esters is 1. The second-order valence-corrected chi connectivity index (χ2v) is 5.91. The van der Waals surface area contributed by atoms with E-state index < -0.39 is 11.6 Å². The molecule has 1 aromatic rings. The number of hydrogen-bond donors (Lipinski definition) is 1. The van der Waals surface area contributed by atoms with E-state index in [-0.39, 0.29) is 0 Å². The molecule has 0 aromatic heterocycles. The van der Waals surface area contributed by atoms with Crippen molar-refractivity contribution in [1.82, 2.24) is 0 Å². The van der Waals surface area contributed by atoms with Gasteiger partial charge in [-0.05, 0) is 55.5 Å². The summed E-state index contributed by atoms with van der Waals surface area (Å²) in [7, 11) is 0. The first-order valence-electron chi connectivity index (χ1n) is 4.68. The van der Waals surface area contributed by atoms with Crippen molar-refractivity contribution in [3.63, 3.8) is 0 Å². The summed E-state index contributed by atoms with van der Waals surface area (Å²) in [6.07, 6.45) is 0. The van der Waals surface area contributed by atoms with E-state index in [1.165, 1.54) is 6.07 Å². The fraction of sp³-hybridized carbons (Fsp3) is 0.364. The molecule has 0 aliphatic heterocycles. The Bertz CT molecular complexity index is 427. The van der Waals surface area contributed by atoms with Gasteiger partial charge in [0.2, 0.25) is 0 Å². The molecule has 88 valence electrons. The van der Waals surface area contributed by atoms with Crippen LogP contribution in [0.1, 0.15) is 31.1 Å². The van der Waals surface area contributed by atoms with Crippen LogP contribution in [0.3, 0.4) is 0 Å². The van der Waals surface area contributed by atoms with Gasteiger partial charge >= 0.3 is 5.97 Å². The predicted octanol–water partition coefficient (Wildman–Crippen LogP) is 3.48. The Hall–Kier alpha value is -0.490. The molecule has 0 fully saturated rings. The molecule has 0 aliphatic carbocycles. The van der Waals surface area contributed by atoms with Crippen LogP contribution >= 0.6 is 34.2 Å². The van der Waals surface area contributed by atoms with Crippen LogP contribution < -0.4 is 5.73 Å². The number of nitrogen functional groups attached to an aromatic ring is 1. The number of anilines is 1. The first-order valence-corrected chi connectivity index (χ1v) is 6.14. The third kappa shape index (κ3) is 3.52. The van der Waals surface area contributed by atoms with E-state index >= 15 is 0 Å². The molecule has 0 amide bonds. The van der Waals surface area contributed by atoms with Crippen LogP contribution in [-0.4, -0.2) is 11.6 Å². The maximum atomic E-state index is 11.8. The Kier molecular flexibility index (Phi) is 4.07. The van der Waals surface area contributed by atoms with Crippen LogP contribution in [0.2, 0.25) is 5.02 Å². The van der Waals surface area contributed by atoms with Gasteiger partial charge in [0.15, 0.2) is 0 Å². The summed E-state index contributed by atoms with van der Waals surface area (Å²) in [6, 6.07) is 3.23. The zero-order valence-corrected chi connectivity index (χ0v) is 12.2. The molecule has 16 heavy (non-hydrogen) atoms. The normalized spacial score (nSPS) is 11.3. The highest BCUT2D eigenvalue weighted by Gasteiger charge is 2.21. The van der Waals surface area contributed by atoms with Crippen molar-refractivity contribution >= 4 is 45.8 Å². The summed E-state index contributed by atoms with van der Waals surface area (Å²) >= 11 is 8.05. The molecule has 3 nitrogen and oxygen atoms in total. The quantitative estimate of drug-likeness (QED) is 0.478. The molecule has 0 bridgehead atoms. The van der Waals surface area contributed by atoms with Gasteiger partial charge in [-0.1, -0.05) is 11.6 Å². The van der Waals surface area contributed by atoms with Gasteiger partial charge in [-0.15, -0.1) is 0 Å². The van der Waals surface area contributed by atoms with Crippen molar-refractivity contribution < 1.29 is 9.53 Å². The van der Waals surface area contributed by atoms with E-state index in [0.29, 0.717) is 16.3 Å². The molecule has 0 atom stereocenters. The average Bonchev–Trinajstić information content (AvgIpc) is 2.08. The SMILES string of the molecule is CC(C)(C)OC(=O)c1cc(N)cc(I)c1Cl. The molecule has 0 saturated carbocycles. The van der Waals surface area contributed by atoms with E-state index in [1.54, 1.807) is 26.8 Å². The summed E-state index contributed by atoms with van der Waals surface area (Å²) < 4.78 is 5.97. The van der Waals surface area contributed by atoms with Gasteiger partial charge < -0.3 is 10.5 Å². The van der Waals surface area contributed by atoms with Crippen LogP contribution in [0, 0.1) is 3.57 Å². The molecule has 1 aromatic carbocycles. The van der Waals surface area contributed by atoms with Gasteiger partial charge in [-0.3, -0.25) is 0 Å². The van der Waals surface area contributed by atoms with Gasteiger partial charge in [-0.25, -0.2) is 4.79 Å². The van der Waals surface area contributed by atoms with E-state index in [0.717, 1.165) is 3.57 Å². The Morgan fingerprint density at radius 1 is 1.44 bits per heavy atom. The first kappa shape index (κ1) is 13.6.